The highest BCUT2D eigenvalue weighted by Gasteiger charge is 2.33. The third kappa shape index (κ3) is 4.60. The van der Waals surface area contributed by atoms with Crippen LogP contribution in [0.15, 0.2) is 59.6 Å². The van der Waals surface area contributed by atoms with E-state index in [1.165, 1.54) is 16.4 Å². The summed E-state index contributed by atoms with van der Waals surface area (Å²) in [7, 11) is -3.71. The Morgan fingerprint density at radius 2 is 1.87 bits per heavy atom. The van der Waals surface area contributed by atoms with Crippen molar-refractivity contribution in [1.82, 2.24) is 14.6 Å². The van der Waals surface area contributed by atoms with E-state index in [9.17, 15) is 17.6 Å². The van der Waals surface area contributed by atoms with E-state index in [1.807, 2.05) is 19.1 Å². The number of halogens is 1. The Balaban J connectivity index is 1.41. The van der Waals surface area contributed by atoms with Gasteiger partial charge >= 0.3 is 0 Å². The van der Waals surface area contributed by atoms with Crippen molar-refractivity contribution in [2.75, 3.05) is 13.1 Å². The van der Waals surface area contributed by atoms with Crippen LogP contribution in [0.5, 0.6) is 0 Å². The Morgan fingerprint density at radius 1 is 1.16 bits per heavy atom. The van der Waals surface area contributed by atoms with E-state index >= 15 is 0 Å². The molecule has 1 amide bonds. The first kappa shape index (κ1) is 21.4. The van der Waals surface area contributed by atoms with Gasteiger partial charge in [-0.25, -0.2) is 12.8 Å². The zero-order valence-corrected chi connectivity index (χ0v) is 18.0. The number of pyridine rings is 1. The van der Waals surface area contributed by atoms with Crippen molar-refractivity contribution < 1.29 is 17.6 Å². The van der Waals surface area contributed by atoms with E-state index in [4.69, 9.17) is 0 Å². The van der Waals surface area contributed by atoms with Gasteiger partial charge in [-0.05, 0) is 55.2 Å². The number of carbonyl (C=O) groups excluding carboxylic acids is 1. The zero-order valence-electron chi connectivity index (χ0n) is 17.2. The number of hydrogen-bond donors (Lipinski definition) is 1. The van der Waals surface area contributed by atoms with Crippen LogP contribution in [-0.4, -0.2) is 36.7 Å². The fourth-order valence-corrected chi connectivity index (χ4v) is 5.52. The number of rotatable bonds is 5. The van der Waals surface area contributed by atoms with Crippen LogP contribution in [0.25, 0.3) is 10.9 Å². The van der Waals surface area contributed by atoms with E-state index in [-0.39, 0.29) is 35.6 Å². The Morgan fingerprint density at radius 3 is 2.58 bits per heavy atom. The number of sulfonamides is 1. The van der Waals surface area contributed by atoms with Crippen molar-refractivity contribution in [3.05, 3.63) is 71.7 Å². The molecule has 6 nitrogen and oxygen atoms in total. The Labute approximate surface area is 181 Å². The lowest BCUT2D eigenvalue weighted by Gasteiger charge is -2.30. The molecule has 1 N–H and O–H groups in total. The maximum atomic E-state index is 13.3. The van der Waals surface area contributed by atoms with Gasteiger partial charge in [0, 0.05) is 37.1 Å². The number of hydrogen-bond acceptors (Lipinski definition) is 4. The maximum Gasteiger partial charge on any atom is 0.245 e. The summed E-state index contributed by atoms with van der Waals surface area (Å²) in [6.45, 7) is 2.79. The second-order valence-corrected chi connectivity index (χ2v) is 9.77. The fourth-order valence-electron chi connectivity index (χ4n) is 3.88. The predicted octanol–water partition coefficient (Wildman–Crippen LogP) is 3.40. The number of nitrogens with zero attached hydrogens (tertiary/aromatic N) is 2. The molecule has 1 aromatic heterocycles. The van der Waals surface area contributed by atoms with E-state index in [0.29, 0.717) is 24.9 Å². The number of amides is 1. The number of nitrogens with one attached hydrogen (secondary N) is 1. The quantitative estimate of drug-likeness (QED) is 0.658. The molecule has 1 aliphatic rings. The van der Waals surface area contributed by atoms with Crippen molar-refractivity contribution in [3.8, 4) is 0 Å². The van der Waals surface area contributed by atoms with Crippen LogP contribution >= 0.6 is 0 Å². The Bertz CT molecular complexity index is 1200. The first-order chi connectivity index (χ1) is 14.8. The van der Waals surface area contributed by atoms with Crippen molar-refractivity contribution in [2.45, 2.75) is 31.2 Å². The minimum atomic E-state index is -3.71. The molecule has 0 spiro atoms. The van der Waals surface area contributed by atoms with Crippen LogP contribution in [0.1, 0.15) is 24.0 Å². The molecule has 0 bridgehead atoms. The van der Waals surface area contributed by atoms with Gasteiger partial charge in [-0.1, -0.05) is 24.3 Å². The molecule has 1 aliphatic heterocycles. The third-order valence-corrected chi connectivity index (χ3v) is 7.56. The zero-order chi connectivity index (χ0) is 22.0. The first-order valence-corrected chi connectivity index (χ1v) is 11.7. The molecule has 0 aliphatic carbocycles. The lowest BCUT2D eigenvalue weighted by molar-refractivity contribution is -0.126. The largest absolute Gasteiger partial charge is 0.352 e. The van der Waals surface area contributed by atoms with Crippen molar-refractivity contribution in [3.63, 3.8) is 0 Å². The molecule has 0 saturated carbocycles. The van der Waals surface area contributed by atoms with Crippen LogP contribution in [-0.2, 0) is 21.4 Å². The highest BCUT2D eigenvalue weighted by atomic mass is 32.2. The molecule has 31 heavy (non-hydrogen) atoms. The second kappa shape index (κ2) is 8.72. The fraction of sp³-hybridized carbons (Fsp3) is 0.304. The number of aromatic nitrogens is 1. The Kier molecular flexibility index (Phi) is 6.02. The summed E-state index contributed by atoms with van der Waals surface area (Å²) in [4.78, 5) is 17.1. The van der Waals surface area contributed by atoms with Gasteiger partial charge in [-0.2, -0.15) is 4.31 Å². The van der Waals surface area contributed by atoms with E-state index in [2.05, 4.69) is 10.3 Å². The number of benzene rings is 2. The summed E-state index contributed by atoms with van der Waals surface area (Å²) in [5.74, 6) is -0.677. The summed E-state index contributed by atoms with van der Waals surface area (Å²) in [5.41, 5.74) is 2.25. The molecule has 1 saturated heterocycles. The predicted molar refractivity (Wildman–Crippen MR) is 116 cm³/mol. The summed E-state index contributed by atoms with van der Waals surface area (Å²) in [5, 5.41) is 3.65. The van der Waals surface area contributed by atoms with Gasteiger partial charge in [0.25, 0.3) is 0 Å². The normalized spacial score (nSPS) is 15.8. The summed E-state index contributed by atoms with van der Waals surface area (Å²) in [6, 6.07) is 13.1. The number of carbonyl (C=O) groups is 1. The van der Waals surface area contributed by atoms with Gasteiger partial charge in [0.1, 0.15) is 10.7 Å². The lowest BCUT2D eigenvalue weighted by atomic mass is 9.97. The standard InChI is InChI=1S/C23H24FN3O3S/c1-16-13-19-3-2-4-21(22(19)25-14-16)31(29,30)27-11-9-18(10-12-27)23(28)26-15-17-5-7-20(24)8-6-17/h2-8,13-14,18H,9-12,15H2,1H3,(H,26,28). The minimum absolute atomic E-state index is 0.108. The molecular formula is C23H24FN3O3S. The molecule has 3 aromatic rings. The number of aryl methyl sites for hydroxylation is 1. The molecule has 162 valence electrons. The van der Waals surface area contributed by atoms with Crippen LogP contribution in [0.2, 0.25) is 0 Å². The smallest absolute Gasteiger partial charge is 0.245 e. The molecule has 4 rings (SSSR count). The number of piperidine rings is 1. The van der Waals surface area contributed by atoms with Gasteiger partial charge in [-0.3, -0.25) is 9.78 Å². The molecule has 1 fully saturated rings. The second-order valence-electron chi connectivity index (χ2n) is 7.86. The monoisotopic (exact) mass is 441 g/mol. The molecule has 2 aromatic carbocycles. The van der Waals surface area contributed by atoms with Crippen molar-refractivity contribution in [1.29, 1.82) is 0 Å². The number of para-hydroxylation sites is 1. The average molecular weight is 442 g/mol. The van der Waals surface area contributed by atoms with Gasteiger partial charge in [0.2, 0.25) is 15.9 Å². The van der Waals surface area contributed by atoms with E-state index < -0.39 is 10.0 Å². The maximum absolute atomic E-state index is 13.3. The lowest BCUT2D eigenvalue weighted by Crippen LogP contribution is -2.42. The van der Waals surface area contributed by atoms with Gasteiger partial charge < -0.3 is 5.32 Å². The van der Waals surface area contributed by atoms with Crippen LogP contribution in [0, 0.1) is 18.7 Å². The minimum Gasteiger partial charge on any atom is -0.352 e. The summed E-state index contributed by atoms with van der Waals surface area (Å²) < 4.78 is 40.9. The van der Waals surface area contributed by atoms with Gasteiger partial charge in [0.15, 0.2) is 0 Å². The average Bonchev–Trinajstić information content (AvgIpc) is 2.78. The van der Waals surface area contributed by atoms with Crippen LogP contribution < -0.4 is 5.32 Å². The van der Waals surface area contributed by atoms with E-state index in [1.54, 1.807) is 30.5 Å². The first-order valence-electron chi connectivity index (χ1n) is 10.2. The van der Waals surface area contributed by atoms with Crippen molar-refractivity contribution in [2.24, 2.45) is 5.92 Å². The molecular weight excluding hydrogens is 417 g/mol. The highest BCUT2D eigenvalue weighted by Crippen LogP contribution is 2.28. The van der Waals surface area contributed by atoms with Gasteiger partial charge in [0.05, 0.1) is 5.52 Å². The SMILES string of the molecule is Cc1cnc2c(S(=O)(=O)N3CCC(C(=O)NCc4ccc(F)cc4)CC3)cccc2c1. The molecule has 8 heteroatoms. The summed E-state index contributed by atoms with van der Waals surface area (Å²) >= 11 is 0. The van der Waals surface area contributed by atoms with Crippen LogP contribution in [0.3, 0.4) is 0 Å². The molecule has 0 atom stereocenters. The molecule has 0 radical (unpaired) electrons. The summed E-state index contributed by atoms with van der Waals surface area (Å²) in [6.07, 6.45) is 2.57. The molecule has 0 unspecified atom stereocenters. The Hall–Kier alpha value is -2.84. The number of fused-ring (bicyclic) bond motifs is 1. The third-order valence-electron chi connectivity index (χ3n) is 5.63. The highest BCUT2D eigenvalue weighted by molar-refractivity contribution is 7.89. The van der Waals surface area contributed by atoms with Crippen LogP contribution in [0.4, 0.5) is 4.39 Å². The molecule has 2 heterocycles. The van der Waals surface area contributed by atoms with Crippen molar-refractivity contribution >= 4 is 26.8 Å². The van der Waals surface area contributed by atoms with Gasteiger partial charge in [-0.15, -0.1) is 0 Å². The van der Waals surface area contributed by atoms with E-state index in [0.717, 1.165) is 16.5 Å². The topological polar surface area (TPSA) is 79.4 Å².